The molecular weight excluding hydrogens is 206 g/mol. The van der Waals surface area contributed by atoms with Crippen molar-refractivity contribution in [2.24, 2.45) is 5.16 Å². The summed E-state index contributed by atoms with van der Waals surface area (Å²) in [4.78, 5) is 11.0. The number of carbonyl (C=O) groups excluding carboxylic acids is 1. The van der Waals surface area contributed by atoms with Crippen LogP contribution < -0.4 is 5.32 Å². The smallest absolute Gasteiger partial charge is 0.229 e. The van der Waals surface area contributed by atoms with Crippen LogP contribution in [-0.4, -0.2) is 17.3 Å². The fourth-order valence-corrected chi connectivity index (χ4v) is 0.916. The minimum absolute atomic E-state index is 0.118. The van der Waals surface area contributed by atoms with Gasteiger partial charge in [-0.3, -0.25) is 4.79 Å². The third-order valence-corrected chi connectivity index (χ3v) is 1.56. The number of carbonyl (C=O) groups is 1. The molecule has 0 atom stereocenters. The van der Waals surface area contributed by atoms with Gasteiger partial charge in [0.25, 0.3) is 0 Å². The van der Waals surface area contributed by atoms with Crippen molar-refractivity contribution in [2.75, 3.05) is 5.32 Å². The van der Waals surface area contributed by atoms with Gasteiger partial charge in [0.2, 0.25) is 5.91 Å². The molecule has 1 amide bonds. The van der Waals surface area contributed by atoms with Crippen molar-refractivity contribution in [3.63, 3.8) is 0 Å². The number of rotatable bonds is 3. The molecular formula is C9H8F2N2O2. The van der Waals surface area contributed by atoms with Gasteiger partial charge < -0.3 is 10.5 Å². The van der Waals surface area contributed by atoms with E-state index in [1.54, 1.807) is 0 Å². The van der Waals surface area contributed by atoms with Gasteiger partial charge in [-0.2, -0.15) is 0 Å². The van der Waals surface area contributed by atoms with Crippen LogP contribution in [0, 0.1) is 11.6 Å². The van der Waals surface area contributed by atoms with Crippen molar-refractivity contribution < 1.29 is 18.8 Å². The summed E-state index contributed by atoms with van der Waals surface area (Å²) in [6, 6.07) is 2.80. The molecule has 0 unspecified atom stereocenters. The quantitative estimate of drug-likeness (QED) is 0.457. The molecule has 4 nitrogen and oxygen atoms in total. The summed E-state index contributed by atoms with van der Waals surface area (Å²) in [5.41, 5.74) is -0.118. The first kappa shape index (κ1) is 11.1. The number of anilines is 1. The summed E-state index contributed by atoms with van der Waals surface area (Å²) >= 11 is 0. The van der Waals surface area contributed by atoms with Gasteiger partial charge in [-0.1, -0.05) is 0 Å². The summed E-state index contributed by atoms with van der Waals surface area (Å²) in [6.07, 6.45) is 0.768. The summed E-state index contributed by atoms with van der Waals surface area (Å²) < 4.78 is 25.5. The number of oxime groups is 1. The van der Waals surface area contributed by atoms with Gasteiger partial charge in [0.15, 0.2) is 0 Å². The van der Waals surface area contributed by atoms with Crippen molar-refractivity contribution in [1.82, 2.24) is 0 Å². The molecule has 0 aromatic heterocycles. The molecule has 1 aromatic rings. The average Bonchev–Trinajstić information content (AvgIpc) is 2.19. The van der Waals surface area contributed by atoms with Crippen molar-refractivity contribution in [2.45, 2.75) is 6.42 Å². The predicted octanol–water partition coefficient (Wildman–Crippen LogP) is 1.75. The maximum absolute atomic E-state index is 13.0. The fraction of sp³-hybridized carbons (Fsp3) is 0.111. The zero-order valence-corrected chi connectivity index (χ0v) is 7.58. The van der Waals surface area contributed by atoms with E-state index in [-0.39, 0.29) is 12.1 Å². The molecule has 0 aliphatic heterocycles. The largest absolute Gasteiger partial charge is 0.411 e. The first-order valence-electron chi connectivity index (χ1n) is 4.04. The Kier molecular flexibility index (Phi) is 3.73. The van der Waals surface area contributed by atoms with E-state index in [1.807, 2.05) is 0 Å². The highest BCUT2D eigenvalue weighted by Crippen LogP contribution is 2.14. The maximum Gasteiger partial charge on any atom is 0.229 e. The number of nitrogens with one attached hydrogen (secondary N) is 1. The van der Waals surface area contributed by atoms with Gasteiger partial charge in [-0.25, -0.2) is 8.78 Å². The van der Waals surface area contributed by atoms with Gasteiger partial charge in [0.1, 0.15) is 11.6 Å². The lowest BCUT2D eigenvalue weighted by molar-refractivity contribution is -0.115. The molecule has 1 rings (SSSR count). The van der Waals surface area contributed by atoms with E-state index in [9.17, 15) is 13.6 Å². The number of hydrogen-bond donors (Lipinski definition) is 2. The molecule has 0 heterocycles. The second kappa shape index (κ2) is 5.04. The second-order valence-corrected chi connectivity index (χ2v) is 2.67. The highest BCUT2D eigenvalue weighted by atomic mass is 19.1. The Hall–Kier alpha value is -1.98. The lowest BCUT2D eigenvalue weighted by atomic mass is 10.3. The van der Waals surface area contributed by atoms with Gasteiger partial charge in [-0.15, -0.1) is 5.16 Å². The van der Waals surface area contributed by atoms with Crippen molar-refractivity contribution in [3.8, 4) is 0 Å². The van der Waals surface area contributed by atoms with Gasteiger partial charge in [0.05, 0.1) is 18.3 Å². The highest BCUT2D eigenvalue weighted by molar-refractivity contribution is 5.98. The van der Waals surface area contributed by atoms with Crippen LogP contribution in [0.15, 0.2) is 23.4 Å². The van der Waals surface area contributed by atoms with Crippen molar-refractivity contribution in [3.05, 3.63) is 29.8 Å². The minimum Gasteiger partial charge on any atom is -0.411 e. The number of hydrogen-bond acceptors (Lipinski definition) is 3. The third-order valence-electron chi connectivity index (χ3n) is 1.56. The lowest BCUT2D eigenvalue weighted by Crippen LogP contribution is -2.12. The van der Waals surface area contributed by atoms with Crippen LogP contribution in [-0.2, 0) is 4.79 Å². The minimum atomic E-state index is -0.857. The number of nitrogens with zero attached hydrogens (tertiary/aromatic N) is 1. The second-order valence-electron chi connectivity index (χ2n) is 2.67. The van der Waals surface area contributed by atoms with Gasteiger partial charge >= 0.3 is 0 Å². The molecule has 0 aliphatic rings. The Morgan fingerprint density at radius 2 is 2.27 bits per heavy atom. The van der Waals surface area contributed by atoms with Crippen LogP contribution in [0.3, 0.4) is 0 Å². The van der Waals surface area contributed by atoms with Gasteiger partial charge in [0, 0.05) is 6.07 Å². The Balaban J connectivity index is 2.68. The van der Waals surface area contributed by atoms with Crippen molar-refractivity contribution in [1.29, 1.82) is 0 Å². The molecule has 0 saturated heterocycles. The van der Waals surface area contributed by atoms with Crippen LogP contribution in [0.2, 0.25) is 0 Å². The number of amides is 1. The zero-order valence-electron chi connectivity index (χ0n) is 7.58. The van der Waals surface area contributed by atoms with E-state index in [1.165, 1.54) is 0 Å². The Bertz CT molecular complexity index is 394. The van der Waals surface area contributed by atoms with E-state index >= 15 is 0 Å². The van der Waals surface area contributed by atoms with Crippen LogP contribution in [0.25, 0.3) is 0 Å². The predicted molar refractivity (Wildman–Crippen MR) is 49.9 cm³/mol. The van der Waals surface area contributed by atoms with E-state index < -0.39 is 17.5 Å². The monoisotopic (exact) mass is 214 g/mol. The van der Waals surface area contributed by atoms with Crippen molar-refractivity contribution >= 4 is 17.8 Å². The maximum atomic E-state index is 13.0. The van der Waals surface area contributed by atoms with Crippen LogP contribution in [0.5, 0.6) is 0 Å². The first-order chi connectivity index (χ1) is 7.13. The van der Waals surface area contributed by atoms with E-state index in [0.717, 1.165) is 18.3 Å². The topological polar surface area (TPSA) is 61.7 Å². The third kappa shape index (κ3) is 3.34. The molecule has 2 N–H and O–H groups in total. The SMILES string of the molecule is O=C(C/C=N\O)Nc1ccc(F)cc1F. The highest BCUT2D eigenvalue weighted by Gasteiger charge is 2.06. The molecule has 0 radical (unpaired) electrons. The standard InChI is InChI=1S/C9H8F2N2O2/c10-6-1-2-8(7(11)5-6)13-9(14)3-4-12-15/h1-2,4-5,15H,3H2,(H,13,14)/b12-4-. The van der Waals surface area contributed by atoms with E-state index in [4.69, 9.17) is 5.21 Å². The first-order valence-corrected chi connectivity index (χ1v) is 4.04. The number of halogens is 2. The van der Waals surface area contributed by atoms with Crippen LogP contribution in [0.1, 0.15) is 6.42 Å². The van der Waals surface area contributed by atoms with Crippen LogP contribution >= 0.6 is 0 Å². The number of benzene rings is 1. The molecule has 6 heteroatoms. The molecule has 0 spiro atoms. The molecule has 0 aliphatic carbocycles. The van der Waals surface area contributed by atoms with Gasteiger partial charge in [-0.05, 0) is 12.1 Å². The Labute approximate surface area is 84.2 Å². The van der Waals surface area contributed by atoms with E-state index in [0.29, 0.717) is 6.07 Å². The molecule has 15 heavy (non-hydrogen) atoms. The normalized spacial score (nSPS) is 10.5. The summed E-state index contributed by atoms with van der Waals surface area (Å²) in [5, 5.41) is 12.8. The Morgan fingerprint density at radius 1 is 1.53 bits per heavy atom. The molecule has 0 fully saturated rings. The summed E-state index contributed by atoms with van der Waals surface area (Å²) in [5.74, 6) is -2.13. The molecule has 1 aromatic carbocycles. The summed E-state index contributed by atoms with van der Waals surface area (Å²) in [6.45, 7) is 0. The summed E-state index contributed by atoms with van der Waals surface area (Å²) in [7, 11) is 0. The average molecular weight is 214 g/mol. The molecule has 0 bridgehead atoms. The van der Waals surface area contributed by atoms with Crippen LogP contribution in [0.4, 0.5) is 14.5 Å². The lowest BCUT2D eigenvalue weighted by Gasteiger charge is -2.04. The zero-order chi connectivity index (χ0) is 11.3. The fourth-order valence-electron chi connectivity index (χ4n) is 0.916. The molecule has 80 valence electrons. The molecule has 0 saturated carbocycles. The van der Waals surface area contributed by atoms with E-state index in [2.05, 4.69) is 10.5 Å². The Morgan fingerprint density at radius 3 is 2.87 bits per heavy atom.